The summed E-state index contributed by atoms with van der Waals surface area (Å²) in [6.45, 7) is 7.26. The van der Waals surface area contributed by atoms with E-state index in [1.54, 1.807) is 0 Å². The number of ether oxygens (including phenoxy) is 3. The lowest BCUT2D eigenvalue weighted by molar-refractivity contribution is -0.269. The quantitative estimate of drug-likeness (QED) is 0.0749. The van der Waals surface area contributed by atoms with Crippen LogP contribution in [0, 0.1) is 10.9 Å². The van der Waals surface area contributed by atoms with Crippen LogP contribution in [0.15, 0.2) is 5.11 Å². The molecule has 0 aliphatic carbocycles. The maximum absolute atomic E-state index is 11.6. The molecule has 2 heterocycles. The number of nitrogens with two attached hydrogens (primary N) is 2. The SMILES string of the molecule is CCC(CC)(CCCCCCC(=O)CN=N)C1OC(COC(CC)(CC)C2OC(CO)C(O)C(O)C2N)C(O)C(O)C1N. The fourth-order valence-corrected chi connectivity index (χ4v) is 6.94. The van der Waals surface area contributed by atoms with E-state index in [1.807, 2.05) is 13.8 Å². The van der Waals surface area contributed by atoms with Crippen molar-refractivity contribution < 1.29 is 44.5 Å². The molecule has 10 unspecified atom stereocenters. The minimum absolute atomic E-state index is 0.0250. The zero-order valence-corrected chi connectivity index (χ0v) is 26.4. The molecule has 2 fully saturated rings. The van der Waals surface area contributed by atoms with Crippen molar-refractivity contribution in [2.45, 2.75) is 158 Å². The summed E-state index contributed by atoms with van der Waals surface area (Å²) in [5.41, 5.74) is 18.2. The Morgan fingerprint density at radius 3 is 1.88 bits per heavy atom. The highest BCUT2D eigenvalue weighted by Gasteiger charge is 2.54. The summed E-state index contributed by atoms with van der Waals surface area (Å²) in [6.07, 6.45) is -1.52. The number of nitrogens with one attached hydrogen (secondary N) is 1. The van der Waals surface area contributed by atoms with Crippen LogP contribution in [0.3, 0.4) is 0 Å². The van der Waals surface area contributed by atoms with Gasteiger partial charge in [-0.05, 0) is 43.9 Å². The summed E-state index contributed by atoms with van der Waals surface area (Å²) in [7, 11) is 0. The smallest absolute Gasteiger partial charge is 0.156 e. The highest BCUT2D eigenvalue weighted by molar-refractivity contribution is 5.80. The van der Waals surface area contributed by atoms with Gasteiger partial charge in [-0.25, -0.2) is 5.53 Å². The molecule has 0 aromatic carbocycles. The number of hydrogen-bond acceptors (Lipinski definition) is 13. The molecule has 13 heteroatoms. The van der Waals surface area contributed by atoms with E-state index in [2.05, 4.69) is 19.0 Å². The molecule has 0 amide bonds. The fraction of sp³-hybridized carbons (Fsp3) is 0.967. The summed E-state index contributed by atoms with van der Waals surface area (Å²) in [4.78, 5) is 11.6. The molecule has 0 spiro atoms. The molecule has 2 saturated heterocycles. The van der Waals surface area contributed by atoms with Crippen LogP contribution in [0.1, 0.15) is 91.9 Å². The lowest BCUT2D eigenvalue weighted by Crippen LogP contribution is -2.69. The van der Waals surface area contributed by atoms with Gasteiger partial charge in [0.2, 0.25) is 0 Å². The van der Waals surface area contributed by atoms with Crippen molar-refractivity contribution in [3.63, 3.8) is 0 Å². The number of unbranched alkanes of at least 4 members (excludes halogenated alkanes) is 3. The van der Waals surface area contributed by atoms with Crippen LogP contribution in [-0.2, 0) is 19.0 Å². The number of Topliss-reactive ketones (excluding diaryl/α,β-unsaturated/α-hetero) is 1. The Hall–Kier alpha value is -1.13. The van der Waals surface area contributed by atoms with Crippen molar-refractivity contribution in [3.8, 4) is 0 Å². The number of rotatable bonds is 19. The summed E-state index contributed by atoms with van der Waals surface area (Å²) < 4.78 is 18.9. The van der Waals surface area contributed by atoms with Gasteiger partial charge in [0.15, 0.2) is 5.78 Å². The molecule has 0 radical (unpaired) electrons. The number of carbonyl (C=O) groups excluding carboxylic acids is 1. The first-order chi connectivity index (χ1) is 20.4. The first kappa shape index (κ1) is 38.1. The van der Waals surface area contributed by atoms with Crippen LogP contribution in [0.2, 0.25) is 0 Å². The predicted octanol–water partition coefficient (Wildman–Crippen LogP) is 0.934. The minimum atomic E-state index is -1.34. The molecule has 2 aliphatic rings. The van der Waals surface area contributed by atoms with E-state index in [0.717, 1.165) is 44.9 Å². The van der Waals surface area contributed by atoms with Gasteiger partial charge in [0.1, 0.15) is 49.3 Å². The summed E-state index contributed by atoms with van der Waals surface area (Å²) in [6, 6.07) is -1.79. The van der Waals surface area contributed by atoms with E-state index in [1.165, 1.54) is 0 Å². The summed E-state index contributed by atoms with van der Waals surface area (Å²) in [5.74, 6) is -0.0250. The second-order valence-electron chi connectivity index (χ2n) is 12.4. The van der Waals surface area contributed by atoms with Gasteiger partial charge in [-0.2, -0.15) is 5.11 Å². The lowest BCUT2D eigenvalue weighted by atomic mass is 9.68. The van der Waals surface area contributed by atoms with E-state index < -0.39 is 73.1 Å². The molecule has 0 bridgehead atoms. The van der Waals surface area contributed by atoms with E-state index >= 15 is 0 Å². The normalized spacial score (nSPS) is 33.8. The minimum Gasteiger partial charge on any atom is -0.394 e. The third-order valence-corrected chi connectivity index (χ3v) is 10.2. The van der Waals surface area contributed by atoms with Gasteiger partial charge >= 0.3 is 0 Å². The molecule has 43 heavy (non-hydrogen) atoms. The Morgan fingerprint density at radius 2 is 1.35 bits per heavy atom. The van der Waals surface area contributed by atoms with Crippen LogP contribution in [0.25, 0.3) is 0 Å². The van der Waals surface area contributed by atoms with Crippen LogP contribution < -0.4 is 11.5 Å². The van der Waals surface area contributed by atoms with Gasteiger partial charge in [0, 0.05) is 6.42 Å². The van der Waals surface area contributed by atoms with Crippen molar-refractivity contribution in [2.24, 2.45) is 22.0 Å². The first-order valence-electron chi connectivity index (χ1n) is 16.1. The van der Waals surface area contributed by atoms with Crippen molar-refractivity contribution in [2.75, 3.05) is 19.8 Å². The molecule has 10 N–H and O–H groups in total. The molecule has 2 aliphatic heterocycles. The van der Waals surface area contributed by atoms with Crippen LogP contribution in [-0.4, -0.2) is 118 Å². The van der Waals surface area contributed by atoms with Gasteiger partial charge in [0.05, 0.1) is 37.0 Å². The van der Waals surface area contributed by atoms with Crippen LogP contribution >= 0.6 is 0 Å². The summed E-state index contributed by atoms with van der Waals surface area (Å²) >= 11 is 0. The number of ketones is 1. The average Bonchev–Trinajstić information content (AvgIpc) is 3.01. The maximum atomic E-state index is 11.6. The standard InChI is InChI=1S/C30H58N4O9/c1-5-29(6-2,14-12-10-9-11-13-18(36)15-34-33)27-21(31)25(39)24(38)20(43-27)17-41-30(7-3,8-4)28-22(32)26(40)23(37)19(16-35)42-28/h19-28,33,35,37-40H,5-17,31-32H2,1-4H3. The van der Waals surface area contributed by atoms with E-state index in [0.29, 0.717) is 19.3 Å². The molecular formula is C30H58N4O9. The lowest BCUT2D eigenvalue weighted by Gasteiger charge is -2.52. The van der Waals surface area contributed by atoms with E-state index in [4.69, 9.17) is 31.2 Å². The number of aliphatic hydroxyl groups is 5. The van der Waals surface area contributed by atoms with Crippen molar-refractivity contribution in [3.05, 3.63) is 0 Å². The fourth-order valence-electron chi connectivity index (χ4n) is 6.94. The second kappa shape index (κ2) is 17.5. The molecule has 13 nitrogen and oxygen atoms in total. The van der Waals surface area contributed by atoms with Gasteiger partial charge in [-0.15, -0.1) is 0 Å². The molecule has 10 atom stereocenters. The average molecular weight is 619 g/mol. The van der Waals surface area contributed by atoms with E-state index in [-0.39, 0.29) is 24.3 Å². The molecule has 0 aromatic heterocycles. The first-order valence-corrected chi connectivity index (χ1v) is 16.1. The Balaban J connectivity index is 2.16. The van der Waals surface area contributed by atoms with E-state index in [9.17, 15) is 30.3 Å². The third-order valence-electron chi connectivity index (χ3n) is 10.2. The molecule has 252 valence electrons. The summed E-state index contributed by atoms with van der Waals surface area (Å²) in [5, 5.41) is 55.8. The van der Waals surface area contributed by atoms with Gasteiger partial charge in [0.25, 0.3) is 0 Å². The van der Waals surface area contributed by atoms with Gasteiger partial charge in [-0.3, -0.25) is 4.79 Å². The number of hydrogen-bond donors (Lipinski definition) is 8. The zero-order valence-electron chi connectivity index (χ0n) is 26.4. The maximum Gasteiger partial charge on any atom is 0.156 e. The Labute approximate surface area is 256 Å². The topological polar surface area (TPSA) is 234 Å². The van der Waals surface area contributed by atoms with Crippen molar-refractivity contribution >= 4 is 5.78 Å². The predicted molar refractivity (Wildman–Crippen MR) is 159 cm³/mol. The van der Waals surface area contributed by atoms with Crippen LogP contribution in [0.4, 0.5) is 0 Å². The third kappa shape index (κ3) is 8.78. The monoisotopic (exact) mass is 618 g/mol. The van der Waals surface area contributed by atoms with Crippen LogP contribution in [0.5, 0.6) is 0 Å². The Bertz CT molecular complexity index is 842. The van der Waals surface area contributed by atoms with Gasteiger partial charge < -0.3 is 51.2 Å². The van der Waals surface area contributed by atoms with Gasteiger partial charge in [-0.1, -0.05) is 47.0 Å². The zero-order chi connectivity index (χ0) is 32.4. The molecular weight excluding hydrogens is 560 g/mol. The number of carbonyl (C=O) groups is 1. The largest absolute Gasteiger partial charge is 0.394 e. The Kier molecular flexibility index (Phi) is 15.5. The molecule has 0 saturated carbocycles. The number of aliphatic hydroxyl groups excluding tert-OH is 5. The van der Waals surface area contributed by atoms with Crippen molar-refractivity contribution in [1.29, 1.82) is 5.53 Å². The highest BCUT2D eigenvalue weighted by atomic mass is 16.6. The van der Waals surface area contributed by atoms with Crippen molar-refractivity contribution in [1.82, 2.24) is 0 Å². The molecule has 0 aromatic rings. The Morgan fingerprint density at radius 1 is 0.814 bits per heavy atom. The number of nitrogens with zero attached hydrogens (tertiary/aromatic N) is 1. The second-order valence-corrected chi connectivity index (χ2v) is 12.4. The highest BCUT2D eigenvalue weighted by Crippen LogP contribution is 2.43. The molecule has 2 rings (SSSR count).